The first-order valence-corrected chi connectivity index (χ1v) is 4.72. The van der Waals surface area contributed by atoms with E-state index in [1.54, 1.807) is 0 Å². The molecule has 13 heavy (non-hydrogen) atoms. The van der Waals surface area contributed by atoms with Crippen molar-refractivity contribution in [2.75, 3.05) is 0 Å². The molecular weight excluding hydrogens is 167 g/mol. The van der Waals surface area contributed by atoms with Crippen LogP contribution in [0.5, 0.6) is 0 Å². The highest BCUT2D eigenvalue weighted by Crippen LogP contribution is 2.93. The average Bonchev–Trinajstić information content (AvgIpc) is 2.82. The van der Waals surface area contributed by atoms with Gasteiger partial charge in [-0.1, -0.05) is 0 Å². The number of aliphatic hydroxyl groups is 1. The standard InChI is InChI=1S/C9H11BO3/c10-9(13,6(11)12)5-7(1-2-7)8(5)3-4-8/h5,13H,1-4H2,(H,11,12). The van der Waals surface area contributed by atoms with Crippen molar-refractivity contribution in [2.24, 2.45) is 16.7 Å². The highest BCUT2D eigenvalue weighted by Gasteiger charge is 2.90. The zero-order valence-electron chi connectivity index (χ0n) is 7.29. The van der Waals surface area contributed by atoms with Gasteiger partial charge in [-0.05, 0) is 36.5 Å². The molecular formula is C9H11BO3. The number of hydrogen-bond donors (Lipinski definition) is 2. The number of fused-ring (bicyclic) bond motifs is 1. The number of aliphatic carboxylic acids is 1. The lowest BCUT2D eigenvalue weighted by molar-refractivity contribution is -0.152. The summed E-state index contributed by atoms with van der Waals surface area (Å²) in [7, 11) is 5.45. The van der Waals surface area contributed by atoms with Crippen molar-refractivity contribution in [2.45, 2.75) is 31.2 Å². The number of hydrogen-bond acceptors (Lipinski definition) is 2. The fourth-order valence-corrected chi connectivity index (χ4v) is 3.55. The molecule has 1 unspecified atom stereocenters. The minimum absolute atomic E-state index is 0.134. The lowest BCUT2D eigenvalue weighted by atomic mass is 9.75. The van der Waals surface area contributed by atoms with Crippen molar-refractivity contribution in [3.8, 4) is 0 Å². The molecule has 68 valence electrons. The molecule has 0 bridgehead atoms. The molecule has 0 saturated heterocycles. The molecule has 0 aliphatic heterocycles. The van der Waals surface area contributed by atoms with Gasteiger partial charge in [0.2, 0.25) is 0 Å². The van der Waals surface area contributed by atoms with Gasteiger partial charge in [0, 0.05) is 5.92 Å². The van der Waals surface area contributed by atoms with E-state index in [9.17, 15) is 9.90 Å². The van der Waals surface area contributed by atoms with Gasteiger partial charge in [0.15, 0.2) is 0 Å². The third kappa shape index (κ3) is 0.632. The van der Waals surface area contributed by atoms with Crippen LogP contribution in [0.3, 0.4) is 0 Å². The Morgan fingerprint density at radius 3 is 1.92 bits per heavy atom. The van der Waals surface area contributed by atoms with Crippen molar-refractivity contribution < 1.29 is 15.0 Å². The van der Waals surface area contributed by atoms with Gasteiger partial charge in [0.1, 0.15) is 13.3 Å². The maximum absolute atomic E-state index is 10.8. The molecule has 0 aromatic heterocycles. The van der Waals surface area contributed by atoms with Crippen molar-refractivity contribution in [1.29, 1.82) is 0 Å². The number of carboxylic acids is 1. The molecule has 3 nitrogen and oxygen atoms in total. The van der Waals surface area contributed by atoms with Crippen LogP contribution in [0, 0.1) is 16.7 Å². The van der Waals surface area contributed by atoms with Crippen LogP contribution in [0.2, 0.25) is 0 Å². The van der Waals surface area contributed by atoms with E-state index in [1.807, 2.05) is 0 Å². The summed E-state index contributed by atoms with van der Waals surface area (Å²) >= 11 is 0. The van der Waals surface area contributed by atoms with Crippen molar-refractivity contribution >= 4 is 13.8 Å². The molecule has 0 aromatic rings. The molecule has 2 spiro atoms. The normalized spacial score (nSPS) is 39.9. The fourth-order valence-electron chi connectivity index (χ4n) is 3.55. The first kappa shape index (κ1) is 7.86. The van der Waals surface area contributed by atoms with E-state index in [0.29, 0.717) is 0 Å². The van der Waals surface area contributed by atoms with Gasteiger partial charge in [0.05, 0.1) is 0 Å². The zero-order chi connectivity index (χ0) is 9.48. The quantitative estimate of drug-likeness (QED) is 0.590. The van der Waals surface area contributed by atoms with Crippen LogP contribution in [-0.4, -0.2) is 29.5 Å². The molecule has 4 heteroatoms. The molecule has 2 radical (unpaired) electrons. The number of carboxylic acid groups (broad SMARTS) is 1. The molecule has 3 aliphatic carbocycles. The first-order chi connectivity index (χ1) is 5.97. The third-order valence-electron chi connectivity index (χ3n) is 4.37. The summed E-state index contributed by atoms with van der Waals surface area (Å²) in [5.41, 5.74) is -1.71. The minimum atomic E-state index is -1.98. The summed E-state index contributed by atoms with van der Waals surface area (Å²) in [6, 6.07) is 0. The van der Waals surface area contributed by atoms with Gasteiger partial charge >= 0.3 is 5.97 Å². The Balaban J connectivity index is 1.92. The van der Waals surface area contributed by atoms with Crippen LogP contribution in [0.4, 0.5) is 0 Å². The van der Waals surface area contributed by atoms with E-state index in [-0.39, 0.29) is 16.7 Å². The number of carbonyl (C=O) groups is 1. The molecule has 1 atom stereocenters. The zero-order valence-corrected chi connectivity index (χ0v) is 7.29. The predicted molar refractivity (Wildman–Crippen MR) is 45.2 cm³/mol. The van der Waals surface area contributed by atoms with E-state index in [2.05, 4.69) is 0 Å². The Bertz CT molecular complexity index is 284. The Kier molecular flexibility index (Phi) is 1.01. The highest BCUT2D eigenvalue weighted by molar-refractivity contribution is 6.26. The summed E-state index contributed by atoms with van der Waals surface area (Å²) < 4.78 is 0. The van der Waals surface area contributed by atoms with Gasteiger partial charge in [0.25, 0.3) is 0 Å². The Morgan fingerprint density at radius 1 is 1.31 bits per heavy atom. The summed E-state index contributed by atoms with van der Waals surface area (Å²) in [6.45, 7) is 0. The molecule has 0 amide bonds. The molecule has 2 N–H and O–H groups in total. The summed E-state index contributed by atoms with van der Waals surface area (Å²) in [4.78, 5) is 10.8. The van der Waals surface area contributed by atoms with E-state index >= 15 is 0 Å². The summed E-state index contributed by atoms with van der Waals surface area (Å²) in [5.74, 6) is -1.45. The van der Waals surface area contributed by atoms with Gasteiger partial charge in [-0.15, -0.1) is 0 Å². The van der Waals surface area contributed by atoms with Crippen LogP contribution in [0.15, 0.2) is 0 Å². The summed E-state index contributed by atoms with van der Waals surface area (Å²) in [6.07, 6.45) is 4.24. The second-order valence-electron chi connectivity index (χ2n) is 4.88. The average molecular weight is 178 g/mol. The topological polar surface area (TPSA) is 57.5 Å². The molecule has 0 aromatic carbocycles. The Labute approximate surface area is 77.5 Å². The smallest absolute Gasteiger partial charge is 0.326 e. The summed E-state index contributed by atoms with van der Waals surface area (Å²) in [5, 5.41) is 18.5. The fraction of sp³-hybridized carbons (Fsp3) is 0.889. The second kappa shape index (κ2) is 1.67. The van der Waals surface area contributed by atoms with Crippen LogP contribution >= 0.6 is 0 Å². The molecule has 3 aliphatic rings. The van der Waals surface area contributed by atoms with Crippen molar-refractivity contribution in [1.82, 2.24) is 0 Å². The minimum Gasteiger partial charge on any atom is -0.480 e. The van der Waals surface area contributed by atoms with Crippen molar-refractivity contribution in [3.63, 3.8) is 0 Å². The Morgan fingerprint density at radius 2 is 1.69 bits per heavy atom. The maximum atomic E-state index is 10.8. The van der Waals surface area contributed by atoms with Gasteiger partial charge in [-0.3, -0.25) is 0 Å². The van der Waals surface area contributed by atoms with Crippen LogP contribution < -0.4 is 0 Å². The third-order valence-corrected chi connectivity index (χ3v) is 4.37. The molecule has 3 fully saturated rings. The predicted octanol–water partition coefficient (Wildman–Crippen LogP) is 0.118. The number of rotatable bonds is 2. The van der Waals surface area contributed by atoms with Gasteiger partial charge in [-0.25, -0.2) is 4.79 Å². The van der Waals surface area contributed by atoms with Crippen LogP contribution in [0.25, 0.3) is 0 Å². The molecule has 3 saturated carbocycles. The lowest BCUT2D eigenvalue weighted by Crippen LogP contribution is -2.42. The van der Waals surface area contributed by atoms with Gasteiger partial charge < -0.3 is 10.2 Å². The SMILES string of the molecule is [B]C(O)(C(=O)O)C1C2(CC2)C12CC2. The lowest BCUT2D eigenvalue weighted by Gasteiger charge is -2.18. The van der Waals surface area contributed by atoms with E-state index in [1.165, 1.54) is 0 Å². The Hall–Kier alpha value is -0.505. The maximum Gasteiger partial charge on any atom is 0.326 e. The van der Waals surface area contributed by atoms with E-state index < -0.39 is 11.5 Å². The highest BCUT2D eigenvalue weighted by atomic mass is 16.4. The second-order valence-corrected chi connectivity index (χ2v) is 4.88. The van der Waals surface area contributed by atoms with Gasteiger partial charge in [-0.2, -0.15) is 0 Å². The van der Waals surface area contributed by atoms with Crippen LogP contribution in [-0.2, 0) is 4.79 Å². The monoisotopic (exact) mass is 178 g/mol. The van der Waals surface area contributed by atoms with E-state index in [4.69, 9.17) is 13.0 Å². The molecule has 3 rings (SSSR count). The van der Waals surface area contributed by atoms with Crippen LogP contribution in [0.1, 0.15) is 25.7 Å². The molecule has 0 heterocycles. The largest absolute Gasteiger partial charge is 0.480 e. The first-order valence-electron chi connectivity index (χ1n) is 4.72. The van der Waals surface area contributed by atoms with E-state index in [0.717, 1.165) is 25.7 Å². The van der Waals surface area contributed by atoms with Crippen molar-refractivity contribution in [3.05, 3.63) is 0 Å².